The van der Waals surface area contributed by atoms with E-state index in [1.807, 2.05) is 0 Å². The Hall–Kier alpha value is -1.65. The topological polar surface area (TPSA) is 105 Å². The lowest BCUT2D eigenvalue weighted by molar-refractivity contribution is 0.270. The summed E-state index contributed by atoms with van der Waals surface area (Å²) in [5, 5.41) is 9.55. The Balaban J connectivity index is 2.61. The number of sulfonamides is 1. The first-order valence-corrected chi connectivity index (χ1v) is 8.07. The summed E-state index contributed by atoms with van der Waals surface area (Å²) >= 11 is 0.990. The summed E-state index contributed by atoms with van der Waals surface area (Å²) in [6.07, 6.45) is 1.62. The number of carbonyl (C=O) groups excluding carboxylic acids is 1. The Morgan fingerprint density at radius 2 is 1.95 bits per heavy atom. The molecule has 0 bridgehead atoms. The van der Waals surface area contributed by atoms with E-state index < -0.39 is 10.0 Å². The average Bonchev–Trinajstić information content (AvgIpc) is 2.87. The molecule has 2 rings (SSSR count). The zero-order valence-electron chi connectivity index (χ0n) is 10.9. The highest BCUT2D eigenvalue weighted by Crippen LogP contribution is 2.28. The minimum atomic E-state index is -3.67. The minimum Gasteiger partial charge on any atom is -0.315 e. The monoisotopic (exact) mass is 316 g/mol. The number of aromatic nitrogens is 2. The van der Waals surface area contributed by atoms with Crippen molar-refractivity contribution >= 4 is 43.7 Å². The number of hydrogen-bond acceptors (Lipinski definition) is 7. The van der Waals surface area contributed by atoms with Gasteiger partial charge in [0.2, 0.25) is 10.0 Å². The molecule has 0 saturated heterocycles. The summed E-state index contributed by atoms with van der Waals surface area (Å²) in [6.45, 7) is 0. The fraction of sp³-hybridized carbons (Fsp3) is 0.300. The Kier molecular flexibility index (Phi) is 3.97. The molecule has 1 heterocycles. The summed E-state index contributed by atoms with van der Waals surface area (Å²) in [5.74, 6) is 0. The second kappa shape index (κ2) is 5.38. The molecule has 0 radical (unpaired) electrons. The molecule has 2 aromatic rings. The Labute approximate surface area is 119 Å². The Bertz CT molecular complexity index is 754. The highest BCUT2D eigenvalue weighted by Gasteiger charge is 2.24. The predicted octanol–water partition coefficient (Wildman–Crippen LogP) is 1.37. The van der Waals surface area contributed by atoms with Crippen molar-refractivity contribution in [3.63, 3.8) is 0 Å². The molecule has 1 aromatic carbocycles. The summed E-state index contributed by atoms with van der Waals surface area (Å²) in [5.41, 5.74) is 0.617. The van der Waals surface area contributed by atoms with E-state index >= 15 is 0 Å². The normalized spacial score (nSPS) is 12.0. The van der Waals surface area contributed by atoms with Crippen LogP contribution in [0.15, 0.2) is 21.7 Å². The largest absolute Gasteiger partial charge is 0.315 e. The van der Waals surface area contributed by atoms with Crippen molar-refractivity contribution in [2.24, 2.45) is 0 Å². The molecule has 0 aliphatic rings. The zero-order valence-corrected chi connectivity index (χ0v) is 12.6. The highest BCUT2D eigenvalue weighted by atomic mass is 32.2. The number of anilines is 1. The van der Waals surface area contributed by atoms with Crippen molar-refractivity contribution in [3.05, 3.63) is 12.1 Å². The van der Waals surface area contributed by atoms with Gasteiger partial charge in [-0.25, -0.2) is 17.4 Å². The Morgan fingerprint density at radius 3 is 2.55 bits per heavy atom. The number of thioether (sulfide) groups is 1. The van der Waals surface area contributed by atoms with E-state index in [2.05, 4.69) is 20.3 Å². The number of fused-ring (bicyclic) bond motifs is 1. The molecule has 0 aliphatic carbocycles. The Morgan fingerprint density at radius 1 is 1.30 bits per heavy atom. The van der Waals surface area contributed by atoms with Gasteiger partial charge in [0.25, 0.3) is 5.24 Å². The molecule has 0 spiro atoms. The maximum Gasteiger partial charge on any atom is 0.283 e. The van der Waals surface area contributed by atoms with Gasteiger partial charge in [0.15, 0.2) is 11.0 Å². The van der Waals surface area contributed by atoms with Crippen LogP contribution in [-0.4, -0.2) is 48.6 Å². The van der Waals surface area contributed by atoms with Gasteiger partial charge in [-0.05, 0) is 28.7 Å². The van der Waals surface area contributed by atoms with Gasteiger partial charge in [-0.1, -0.05) is 11.8 Å². The van der Waals surface area contributed by atoms with Gasteiger partial charge in [-0.15, -0.1) is 0 Å². The van der Waals surface area contributed by atoms with Gasteiger partial charge in [-0.2, -0.15) is 0 Å². The molecule has 0 saturated carbocycles. The fourth-order valence-electron chi connectivity index (χ4n) is 1.51. The molecule has 0 atom stereocenters. The van der Waals surface area contributed by atoms with Crippen molar-refractivity contribution in [3.8, 4) is 0 Å². The van der Waals surface area contributed by atoms with Gasteiger partial charge in [0, 0.05) is 14.1 Å². The van der Waals surface area contributed by atoms with E-state index in [-0.39, 0.29) is 21.2 Å². The van der Waals surface area contributed by atoms with Gasteiger partial charge in [0.05, 0.1) is 5.69 Å². The summed E-state index contributed by atoms with van der Waals surface area (Å²) in [6, 6.07) is 2.81. The molecule has 1 N–H and O–H groups in total. The summed E-state index contributed by atoms with van der Waals surface area (Å²) in [4.78, 5) is 11.4. The first-order chi connectivity index (χ1) is 9.37. The van der Waals surface area contributed by atoms with Crippen LogP contribution in [0.5, 0.6) is 0 Å². The maximum atomic E-state index is 12.2. The van der Waals surface area contributed by atoms with Crippen LogP contribution in [0.1, 0.15) is 0 Å². The van der Waals surface area contributed by atoms with Gasteiger partial charge in [-0.3, -0.25) is 4.79 Å². The second-order valence-electron chi connectivity index (χ2n) is 3.98. The predicted molar refractivity (Wildman–Crippen MR) is 75.2 cm³/mol. The number of carbonyl (C=O) groups is 1. The van der Waals surface area contributed by atoms with Crippen LogP contribution in [0, 0.1) is 0 Å². The zero-order chi connectivity index (χ0) is 14.9. The third-order valence-corrected chi connectivity index (χ3v) is 4.88. The second-order valence-corrected chi connectivity index (χ2v) is 6.88. The standard InChI is InChI=1S/C10H12N4O4S2/c1-14(2)20(16,17)7-5-4-6(11-10(15)19-3)8-9(7)13-18-12-8/h4-5H,1-3H3,(H,11,15). The third-order valence-electron chi connectivity index (χ3n) is 2.56. The maximum absolute atomic E-state index is 12.2. The van der Waals surface area contributed by atoms with E-state index in [1.165, 1.54) is 26.2 Å². The summed E-state index contributed by atoms with van der Waals surface area (Å²) < 4.78 is 30.0. The SMILES string of the molecule is CSC(=O)Nc1ccc(S(=O)(=O)N(C)C)c2nonc12. The lowest BCUT2D eigenvalue weighted by atomic mass is 10.2. The molecule has 0 aliphatic heterocycles. The van der Waals surface area contributed by atoms with Gasteiger partial charge in [0.1, 0.15) is 4.90 Å². The van der Waals surface area contributed by atoms with Crippen LogP contribution >= 0.6 is 11.8 Å². The number of benzene rings is 1. The van der Waals surface area contributed by atoms with E-state index in [4.69, 9.17) is 0 Å². The molecular formula is C10H12N4O4S2. The molecular weight excluding hydrogens is 304 g/mol. The van der Waals surface area contributed by atoms with Crippen LogP contribution in [0.25, 0.3) is 11.0 Å². The molecule has 8 nitrogen and oxygen atoms in total. The van der Waals surface area contributed by atoms with Crippen LogP contribution in [0.3, 0.4) is 0 Å². The number of rotatable bonds is 3. The fourth-order valence-corrected chi connectivity index (χ4v) is 2.73. The molecule has 10 heteroatoms. The number of nitrogens with zero attached hydrogens (tertiary/aromatic N) is 3. The van der Waals surface area contributed by atoms with Crippen molar-refractivity contribution in [1.82, 2.24) is 14.6 Å². The van der Waals surface area contributed by atoms with E-state index in [0.717, 1.165) is 16.1 Å². The quantitative estimate of drug-likeness (QED) is 0.911. The molecule has 108 valence electrons. The number of amides is 1. The molecule has 1 amide bonds. The minimum absolute atomic E-state index is 0.0269. The molecule has 20 heavy (non-hydrogen) atoms. The van der Waals surface area contributed by atoms with Crippen LogP contribution < -0.4 is 5.32 Å². The summed E-state index contributed by atoms with van der Waals surface area (Å²) in [7, 11) is -0.842. The number of nitrogens with one attached hydrogen (secondary N) is 1. The van der Waals surface area contributed by atoms with E-state index in [0.29, 0.717) is 5.69 Å². The average molecular weight is 316 g/mol. The van der Waals surface area contributed by atoms with Gasteiger partial charge >= 0.3 is 0 Å². The van der Waals surface area contributed by atoms with Crippen molar-refractivity contribution in [2.45, 2.75) is 4.90 Å². The molecule has 0 unspecified atom stereocenters. The van der Waals surface area contributed by atoms with Crippen molar-refractivity contribution in [2.75, 3.05) is 25.7 Å². The van der Waals surface area contributed by atoms with Crippen molar-refractivity contribution < 1.29 is 17.8 Å². The number of hydrogen-bond donors (Lipinski definition) is 1. The lowest BCUT2D eigenvalue weighted by Gasteiger charge is -2.12. The first kappa shape index (κ1) is 14.8. The van der Waals surface area contributed by atoms with E-state index in [9.17, 15) is 13.2 Å². The van der Waals surface area contributed by atoms with Crippen LogP contribution in [0.2, 0.25) is 0 Å². The molecule has 1 aromatic heterocycles. The lowest BCUT2D eigenvalue weighted by Crippen LogP contribution is -2.22. The smallest absolute Gasteiger partial charge is 0.283 e. The van der Waals surface area contributed by atoms with Gasteiger partial charge < -0.3 is 5.32 Å². The highest BCUT2D eigenvalue weighted by molar-refractivity contribution is 8.13. The van der Waals surface area contributed by atoms with Crippen molar-refractivity contribution in [1.29, 1.82) is 0 Å². The van der Waals surface area contributed by atoms with Crippen LogP contribution in [0.4, 0.5) is 10.5 Å². The first-order valence-electron chi connectivity index (χ1n) is 5.40. The van der Waals surface area contributed by atoms with E-state index in [1.54, 1.807) is 6.26 Å². The molecule has 0 fully saturated rings. The van der Waals surface area contributed by atoms with Crippen LogP contribution in [-0.2, 0) is 10.0 Å². The third kappa shape index (κ3) is 2.49.